The molecule has 6 heteroatoms. The molecule has 0 bridgehead atoms. The third-order valence-corrected chi connectivity index (χ3v) is 4.33. The van der Waals surface area contributed by atoms with E-state index in [4.69, 9.17) is 0 Å². The molecule has 0 saturated heterocycles. The van der Waals surface area contributed by atoms with E-state index in [9.17, 15) is 14.4 Å². The van der Waals surface area contributed by atoms with Gasteiger partial charge in [0.1, 0.15) is 0 Å². The highest BCUT2D eigenvalue weighted by Gasteiger charge is 2.34. The Labute approximate surface area is 131 Å². The van der Waals surface area contributed by atoms with Crippen LogP contribution in [-0.4, -0.2) is 35.7 Å². The van der Waals surface area contributed by atoms with Crippen molar-refractivity contribution in [1.29, 1.82) is 0 Å². The lowest BCUT2D eigenvalue weighted by Gasteiger charge is -2.14. The number of nitrogens with zero attached hydrogens (tertiary/aromatic N) is 1. The van der Waals surface area contributed by atoms with E-state index in [1.165, 1.54) is 16.2 Å². The van der Waals surface area contributed by atoms with Crippen LogP contribution in [0.4, 0.5) is 0 Å². The van der Waals surface area contributed by atoms with Crippen LogP contribution < -0.4 is 5.32 Å². The van der Waals surface area contributed by atoms with Gasteiger partial charge >= 0.3 is 0 Å². The molecule has 0 aliphatic carbocycles. The lowest BCUT2D eigenvalue weighted by Crippen LogP contribution is -2.38. The first-order valence-corrected chi connectivity index (χ1v) is 7.79. The molecule has 0 unspecified atom stereocenters. The summed E-state index contributed by atoms with van der Waals surface area (Å²) in [5.41, 5.74) is 0.856. The van der Waals surface area contributed by atoms with E-state index in [-0.39, 0.29) is 30.8 Å². The second-order valence-electron chi connectivity index (χ2n) is 4.91. The SMILES string of the molecule is O=C(Cc1cccs1)NCCN1C(=O)c2ccccc2C1=O. The van der Waals surface area contributed by atoms with Gasteiger partial charge in [0.25, 0.3) is 11.8 Å². The molecule has 1 N–H and O–H groups in total. The van der Waals surface area contributed by atoms with Gasteiger partial charge in [-0.15, -0.1) is 11.3 Å². The van der Waals surface area contributed by atoms with Gasteiger partial charge in [-0.3, -0.25) is 19.3 Å². The largest absolute Gasteiger partial charge is 0.354 e. The van der Waals surface area contributed by atoms with Crippen molar-refractivity contribution in [3.05, 3.63) is 57.8 Å². The van der Waals surface area contributed by atoms with Crippen molar-refractivity contribution in [1.82, 2.24) is 10.2 Å². The fourth-order valence-corrected chi connectivity index (χ4v) is 3.09. The maximum absolute atomic E-state index is 12.1. The first-order chi connectivity index (χ1) is 10.7. The number of carbonyl (C=O) groups is 3. The molecule has 0 spiro atoms. The lowest BCUT2D eigenvalue weighted by atomic mass is 10.1. The van der Waals surface area contributed by atoms with Crippen LogP contribution >= 0.6 is 11.3 Å². The number of nitrogens with one attached hydrogen (secondary N) is 1. The van der Waals surface area contributed by atoms with Crippen LogP contribution in [0.5, 0.6) is 0 Å². The molecule has 3 amide bonds. The summed E-state index contributed by atoms with van der Waals surface area (Å²) in [4.78, 5) is 38.2. The Morgan fingerprint density at radius 1 is 1.05 bits per heavy atom. The zero-order valence-corrected chi connectivity index (χ0v) is 12.6. The molecular formula is C16H14N2O3S. The highest BCUT2D eigenvalue weighted by atomic mass is 32.1. The average Bonchev–Trinajstić information content (AvgIpc) is 3.10. The minimum atomic E-state index is -0.298. The molecule has 0 radical (unpaired) electrons. The summed E-state index contributed by atoms with van der Waals surface area (Å²) >= 11 is 1.52. The summed E-state index contributed by atoms with van der Waals surface area (Å²) in [6.45, 7) is 0.443. The molecule has 5 nitrogen and oxygen atoms in total. The Hall–Kier alpha value is -2.47. The highest BCUT2D eigenvalue weighted by molar-refractivity contribution is 7.10. The Morgan fingerprint density at radius 3 is 2.32 bits per heavy atom. The van der Waals surface area contributed by atoms with Gasteiger partial charge in [-0.1, -0.05) is 18.2 Å². The van der Waals surface area contributed by atoms with Gasteiger partial charge in [0, 0.05) is 18.0 Å². The average molecular weight is 314 g/mol. The quantitative estimate of drug-likeness (QED) is 0.854. The molecule has 1 aliphatic rings. The van der Waals surface area contributed by atoms with Crippen LogP contribution in [-0.2, 0) is 11.2 Å². The monoisotopic (exact) mass is 314 g/mol. The van der Waals surface area contributed by atoms with Gasteiger partial charge in [-0.2, -0.15) is 0 Å². The molecule has 2 heterocycles. The smallest absolute Gasteiger partial charge is 0.261 e. The second-order valence-corrected chi connectivity index (χ2v) is 5.95. The van der Waals surface area contributed by atoms with Gasteiger partial charge < -0.3 is 5.32 Å². The number of imide groups is 1. The molecule has 0 saturated carbocycles. The summed E-state index contributed by atoms with van der Waals surface area (Å²) in [6, 6.07) is 10.5. The standard InChI is InChI=1S/C16H14N2O3S/c19-14(10-11-4-3-9-22-11)17-7-8-18-15(20)12-5-1-2-6-13(12)16(18)21/h1-6,9H,7-8,10H2,(H,17,19). The van der Waals surface area contributed by atoms with Crippen molar-refractivity contribution in [3.63, 3.8) is 0 Å². The van der Waals surface area contributed by atoms with Crippen molar-refractivity contribution in [2.24, 2.45) is 0 Å². The third kappa shape index (κ3) is 2.78. The van der Waals surface area contributed by atoms with Crippen LogP contribution in [0.25, 0.3) is 0 Å². The molecule has 0 atom stereocenters. The first-order valence-electron chi connectivity index (χ1n) is 6.91. The maximum atomic E-state index is 12.1. The summed E-state index contributed by atoms with van der Waals surface area (Å²) in [5, 5.41) is 4.66. The summed E-state index contributed by atoms with van der Waals surface area (Å²) in [5.74, 6) is -0.708. The topological polar surface area (TPSA) is 66.5 Å². The van der Waals surface area contributed by atoms with Crippen molar-refractivity contribution in [3.8, 4) is 0 Å². The summed E-state index contributed by atoms with van der Waals surface area (Å²) in [6.07, 6.45) is 0.319. The van der Waals surface area contributed by atoms with Crippen molar-refractivity contribution < 1.29 is 14.4 Å². The van der Waals surface area contributed by atoms with E-state index in [2.05, 4.69) is 5.32 Å². The van der Waals surface area contributed by atoms with Crippen LogP contribution in [0.3, 0.4) is 0 Å². The van der Waals surface area contributed by atoms with Crippen LogP contribution in [0.15, 0.2) is 41.8 Å². The van der Waals surface area contributed by atoms with Gasteiger partial charge in [0.05, 0.1) is 17.5 Å². The van der Waals surface area contributed by atoms with Crippen LogP contribution in [0.1, 0.15) is 25.6 Å². The predicted octanol–water partition coefficient (Wildman–Crippen LogP) is 1.70. The summed E-state index contributed by atoms with van der Waals surface area (Å²) in [7, 11) is 0. The molecule has 1 aromatic heterocycles. The normalized spacial score (nSPS) is 13.4. The molecule has 0 fully saturated rings. The maximum Gasteiger partial charge on any atom is 0.261 e. The number of fused-ring (bicyclic) bond motifs is 1. The Bertz CT molecular complexity index is 690. The van der Waals surface area contributed by atoms with E-state index in [0.717, 1.165) is 4.88 Å². The number of amides is 3. The number of carbonyl (C=O) groups excluding carboxylic acids is 3. The van der Waals surface area contributed by atoms with Gasteiger partial charge in [-0.05, 0) is 23.6 Å². The third-order valence-electron chi connectivity index (χ3n) is 3.45. The highest BCUT2D eigenvalue weighted by Crippen LogP contribution is 2.21. The predicted molar refractivity (Wildman–Crippen MR) is 82.8 cm³/mol. The van der Waals surface area contributed by atoms with Crippen LogP contribution in [0.2, 0.25) is 0 Å². The molecule has 22 heavy (non-hydrogen) atoms. The van der Waals surface area contributed by atoms with E-state index in [1.54, 1.807) is 24.3 Å². The Kier molecular flexibility index (Phi) is 4.02. The van der Waals surface area contributed by atoms with E-state index in [1.807, 2.05) is 17.5 Å². The minimum absolute atomic E-state index is 0.112. The zero-order chi connectivity index (χ0) is 15.5. The molecule has 1 aromatic carbocycles. The fourth-order valence-electron chi connectivity index (χ4n) is 2.38. The van der Waals surface area contributed by atoms with Crippen molar-refractivity contribution in [2.75, 3.05) is 13.1 Å². The number of rotatable bonds is 5. The van der Waals surface area contributed by atoms with Gasteiger partial charge in [-0.25, -0.2) is 0 Å². The fraction of sp³-hybridized carbons (Fsp3) is 0.188. The molecule has 3 rings (SSSR count). The number of hydrogen-bond donors (Lipinski definition) is 1. The molecule has 2 aromatic rings. The molecule has 112 valence electrons. The minimum Gasteiger partial charge on any atom is -0.354 e. The first kappa shape index (κ1) is 14.5. The number of benzene rings is 1. The van der Waals surface area contributed by atoms with Gasteiger partial charge in [0.2, 0.25) is 5.91 Å². The molecular weight excluding hydrogens is 300 g/mol. The zero-order valence-electron chi connectivity index (χ0n) is 11.7. The van der Waals surface area contributed by atoms with Crippen LogP contribution in [0, 0.1) is 0 Å². The van der Waals surface area contributed by atoms with E-state index < -0.39 is 0 Å². The number of thiophene rings is 1. The van der Waals surface area contributed by atoms with E-state index in [0.29, 0.717) is 17.5 Å². The Morgan fingerprint density at radius 2 is 1.73 bits per heavy atom. The number of hydrogen-bond acceptors (Lipinski definition) is 4. The van der Waals surface area contributed by atoms with Crippen molar-refractivity contribution in [2.45, 2.75) is 6.42 Å². The lowest BCUT2D eigenvalue weighted by molar-refractivity contribution is -0.120. The van der Waals surface area contributed by atoms with Crippen molar-refractivity contribution >= 4 is 29.1 Å². The second kappa shape index (κ2) is 6.11. The van der Waals surface area contributed by atoms with E-state index >= 15 is 0 Å². The molecule has 1 aliphatic heterocycles. The Balaban J connectivity index is 1.54. The summed E-state index contributed by atoms with van der Waals surface area (Å²) < 4.78 is 0. The van der Waals surface area contributed by atoms with Gasteiger partial charge in [0.15, 0.2) is 0 Å².